The van der Waals surface area contributed by atoms with Crippen molar-refractivity contribution in [2.24, 2.45) is 0 Å². The van der Waals surface area contributed by atoms with Gasteiger partial charge in [0.25, 0.3) is 0 Å². The highest BCUT2D eigenvalue weighted by atomic mass is 16.5. The Morgan fingerprint density at radius 2 is 1.79 bits per heavy atom. The van der Waals surface area contributed by atoms with Crippen LogP contribution in [0.4, 0.5) is 11.4 Å². The van der Waals surface area contributed by atoms with Crippen LogP contribution in [0.5, 0.6) is 0 Å². The molecule has 6 nitrogen and oxygen atoms in total. The van der Waals surface area contributed by atoms with Crippen LogP contribution in [0.2, 0.25) is 0 Å². The molecule has 0 radical (unpaired) electrons. The van der Waals surface area contributed by atoms with Crippen molar-refractivity contribution in [3.63, 3.8) is 0 Å². The summed E-state index contributed by atoms with van der Waals surface area (Å²) in [7, 11) is 5.45. The molecule has 0 aliphatic carbocycles. The van der Waals surface area contributed by atoms with Gasteiger partial charge in [0.05, 0.1) is 6.04 Å². The normalized spacial score (nSPS) is 11.6. The van der Waals surface area contributed by atoms with Crippen molar-refractivity contribution in [3.8, 4) is 0 Å². The fourth-order valence-corrected chi connectivity index (χ4v) is 3.22. The maximum atomic E-state index is 12.9. The quantitative estimate of drug-likeness (QED) is 0.698. The second-order valence-corrected chi connectivity index (χ2v) is 7.18. The minimum Gasteiger partial charge on any atom is -0.377 e. The molecule has 1 N–H and O–H groups in total. The van der Waals surface area contributed by atoms with Crippen molar-refractivity contribution in [2.75, 3.05) is 38.0 Å². The largest absolute Gasteiger partial charge is 0.377 e. The number of ether oxygens (including phenoxy) is 1. The van der Waals surface area contributed by atoms with Crippen LogP contribution in [0.1, 0.15) is 37.4 Å². The number of nitrogens with one attached hydrogen (secondary N) is 1. The molecule has 0 spiro atoms. The molecule has 6 heteroatoms. The molecule has 1 atom stereocenters. The first-order chi connectivity index (χ1) is 13.9. The van der Waals surface area contributed by atoms with Crippen molar-refractivity contribution in [1.82, 2.24) is 4.90 Å². The van der Waals surface area contributed by atoms with E-state index in [9.17, 15) is 9.59 Å². The van der Waals surface area contributed by atoms with Gasteiger partial charge in [0.15, 0.2) is 0 Å². The Morgan fingerprint density at radius 3 is 2.38 bits per heavy atom. The zero-order chi connectivity index (χ0) is 21.4. The number of methoxy groups -OCH3 is 1. The van der Waals surface area contributed by atoms with E-state index in [1.54, 1.807) is 0 Å². The molecule has 0 aromatic heterocycles. The van der Waals surface area contributed by atoms with E-state index < -0.39 is 0 Å². The molecular formula is C23H31N3O3. The maximum absolute atomic E-state index is 12.9. The van der Waals surface area contributed by atoms with Crippen LogP contribution < -0.4 is 10.2 Å². The lowest BCUT2D eigenvalue weighted by molar-refractivity contribution is -0.138. The third kappa shape index (κ3) is 6.06. The molecule has 29 heavy (non-hydrogen) atoms. The minimum atomic E-state index is -0.122. The van der Waals surface area contributed by atoms with Crippen LogP contribution in [0.25, 0.3) is 0 Å². The van der Waals surface area contributed by atoms with Crippen LogP contribution in [-0.2, 0) is 20.9 Å². The highest BCUT2D eigenvalue weighted by Gasteiger charge is 2.23. The van der Waals surface area contributed by atoms with Crippen molar-refractivity contribution in [3.05, 3.63) is 59.7 Å². The molecule has 0 aliphatic rings. The van der Waals surface area contributed by atoms with E-state index in [-0.39, 0.29) is 24.5 Å². The number of carbonyl (C=O) groups is 2. The zero-order valence-electron chi connectivity index (χ0n) is 17.9. The van der Waals surface area contributed by atoms with Gasteiger partial charge < -0.3 is 19.9 Å². The Balaban J connectivity index is 2.41. The lowest BCUT2D eigenvalue weighted by Gasteiger charge is -2.31. The SMILES string of the molecule is CCC(=O)Nc1ccc(N(C)C)c(CN(C(=O)COC)[C@H](C)c2ccccc2)c1. The van der Waals surface area contributed by atoms with Gasteiger partial charge in [-0.05, 0) is 36.2 Å². The topological polar surface area (TPSA) is 61.9 Å². The third-order valence-corrected chi connectivity index (χ3v) is 4.84. The highest BCUT2D eigenvalue weighted by Crippen LogP contribution is 2.29. The summed E-state index contributed by atoms with van der Waals surface area (Å²) in [6, 6.07) is 15.6. The summed E-state index contributed by atoms with van der Waals surface area (Å²) in [5.74, 6) is -0.130. The minimum absolute atomic E-state index is 0.0146. The van der Waals surface area contributed by atoms with E-state index in [0.29, 0.717) is 13.0 Å². The Kier molecular flexibility index (Phi) is 8.21. The molecule has 2 amide bonds. The number of nitrogens with zero attached hydrogens (tertiary/aromatic N) is 2. The summed E-state index contributed by atoms with van der Waals surface area (Å²) in [4.78, 5) is 28.5. The van der Waals surface area contributed by atoms with Crippen molar-refractivity contribution in [1.29, 1.82) is 0 Å². The smallest absolute Gasteiger partial charge is 0.249 e. The Hall–Kier alpha value is -2.86. The van der Waals surface area contributed by atoms with Gasteiger partial charge in [-0.1, -0.05) is 37.3 Å². The molecule has 0 aliphatic heterocycles. The van der Waals surface area contributed by atoms with Gasteiger partial charge in [-0.15, -0.1) is 0 Å². The fourth-order valence-electron chi connectivity index (χ4n) is 3.22. The van der Waals surface area contributed by atoms with Crippen LogP contribution >= 0.6 is 0 Å². The first-order valence-corrected chi connectivity index (χ1v) is 9.80. The van der Waals surface area contributed by atoms with Crippen LogP contribution in [-0.4, -0.2) is 44.5 Å². The molecule has 0 heterocycles. The summed E-state index contributed by atoms with van der Waals surface area (Å²) in [5, 5.41) is 2.90. The maximum Gasteiger partial charge on any atom is 0.249 e. The third-order valence-electron chi connectivity index (χ3n) is 4.84. The van der Waals surface area contributed by atoms with Gasteiger partial charge in [0.2, 0.25) is 11.8 Å². The molecule has 156 valence electrons. The summed E-state index contributed by atoms with van der Waals surface area (Å²) >= 11 is 0. The number of hydrogen-bond acceptors (Lipinski definition) is 4. The van der Waals surface area contributed by atoms with Crippen molar-refractivity contribution < 1.29 is 14.3 Å². The molecule has 0 bridgehead atoms. The molecule has 0 fully saturated rings. The Bertz CT molecular complexity index is 821. The molecular weight excluding hydrogens is 366 g/mol. The first-order valence-electron chi connectivity index (χ1n) is 9.80. The second-order valence-electron chi connectivity index (χ2n) is 7.18. The van der Waals surface area contributed by atoms with Gasteiger partial charge in [0, 0.05) is 45.5 Å². The number of anilines is 2. The highest BCUT2D eigenvalue weighted by molar-refractivity contribution is 5.91. The zero-order valence-corrected chi connectivity index (χ0v) is 17.9. The standard InChI is InChI=1S/C23H31N3O3/c1-6-22(27)24-20-12-13-21(25(3)4)19(14-20)15-26(23(28)16-29-5)17(2)18-10-8-7-9-11-18/h7-14,17H,6,15-16H2,1-5H3,(H,24,27)/t17-/m1/s1. The van der Waals surface area contributed by atoms with Gasteiger partial charge >= 0.3 is 0 Å². The second kappa shape index (κ2) is 10.6. The number of carbonyl (C=O) groups excluding carboxylic acids is 2. The lowest BCUT2D eigenvalue weighted by Crippen LogP contribution is -2.36. The van der Waals surface area contributed by atoms with Crippen LogP contribution in [0.3, 0.4) is 0 Å². The van der Waals surface area contributed by atoms with E-state index in [0.717, 1.165) is 22.5 Å². The average molecular weight is 398 g/mol. The average Bonchev–Trinajstić information content (AvgIpc) is 2.72. The van der Waals surface area contributed by atoms with Crippen molar-refractivity contribution in [2.45, 2.75) is 32.9 Å². The molecule has 2 aromatic rings. The van der Waals surface area contributed by atoms with Gasteiger partial charge in [-0.3, -0.25) is 9.59 Å². The van der Waals surface area contributed by atoms with Crippen LogP contribution in [0.15, 0.2) is 48.5 Å². The van der Waals surface area contributed by atoms with E-state index in [4.69, 9.17) is 4.74 Å². The van der Waals surface area contributed by atoms with Gasteiger partial charge in [-0.25, -0.2) is 0 Å². The number of amides is 2. The van der Waals surface area contributed by atoms with E-state index in [1.165, 1.54) is 7.11 Å². The lowest BCUT2D eigenvalue weighted by atomic mass is 10.0. The van der Waals surface area contributed by atoms with Crippen LogP contribution in [0, 0.1) is 0 Å². The van der Waals surface area contributed by atoms with E-state index in [2.05, 4.69) is 5.32 Å². The Morgan fingerprint density at radius 1 is 1.10 bits per heavy atom. The summed E-state index contributed by atoms with van der Waals surface area (Å²) in [6.07, 6.45) is 0.411. The summed E-state index contributed by atoms with van der Waals surface area (Å²) in [5.41, 5.74) is 3.73. The predicted octanol–water partition coefficient (Wildman–Crippen LogP) is 3.84. The molecule has 2 aromatic carbocycles. The molecule has 2 rings (SSSR count). The molecule has 0 saturated heterocycles. The Labute approximate surface area is 173 Å². The number of benzene rings is 2. The number of hydrogen-bond donors (Lipinski definition) is 1. The molecule has 0 unspecified atom stereocenters. The van der Waals surface area contributed by atoms with E-state index >= 15 is 0 Å². The van der Waals surface area contributed by atoms with Gasteiger partial charge in [-0.2, -0.15) is 0 Å². The van der Waals surface area contributed by atoms with Gasteiger partial charge in [0.1, 0.15) is 6.61 Å². The van der Waals surface area contributed by atoms with Crippen molar-refractivity contribution >= 4 is 23.2 Å². The fraction of sp³-hybridized carbons (Fsp3) is 0.391. The molecule has 0 saturated carbocycles. The summed E-state index contributed by atoms with van der Waals surface area (Å²) < 4.78 is 5.12. The number of rotatable bonds is 9. The summed E-state index contributed by atoms with van der Waals surface area (Å²) in [6.45, 7) is 4.25. The monoisotopic (exact) mass is 397 g/mol. The first kappa shape index (κ1) is 22.4. The van der Waals surface area contributed by atoms with E-state index in [1.807, 2.05) is 86.3 Å². The predicted molar refractivity (Wildman–Crippen MR) is 117 cm³/mol.